The van der Waals surface area contributed by atoms with Crippen LogP contribution in [-0.2, 0) is 4.79 Å². The molecule has 2 aromatic carbocycles. The highest BCUT2D eigenvalue weighted by Crippen LogP contribution is 2.45. The molecule has 0 fully saturated rings. The van der Waals surface area contributed by atoms with Crippen molar-refractivity contribution in [3.05, 3.63) is 70.7 Å². The number of carbonyl (C=O) groups is 2. The Hall–Kier alpha value is -3.39. The first-order chi connectivity index (χ1) is 14.1. The first-order valence-corrected chi connectivity index (χ1v) is 9.97. The molecule has 0 radical (unpaired) electrons. The van der Waals surface area contributed by atoms with Crippen LogP contribution in [0.4, 0.5) is 5.13 Å². The van der Waals surface area contributed by atoms with Gasteiger partial charge in [0.15, 0.2) is 16.6 Å². The summed E-state index contributed by atoms with van der Waals surface area (Å²) in [6, 6.07) is 12.3. The van der Waals surface area contributed by atoms with Gasteiger partial charge in [-0.15, -0.1) is 11.3 Å². The minimum Gasteiger partial charge on any atom is -0.454 e. The number of rotatable bonds is 3. The zero-order valence-corrected chi connectivity index (χ0v) is 16.3. The predicted octanol–water partition coefficient (Wildman–Crippen LogP) is 3.42. The van der Waals surface area contributed by atoms with Crippen molar-refractivity contribution in [3.8, 4) is 11.5 Å². The number of benzene rings is 2. The average molecular weight is 407 g/mol. The average Bonchev–Trinajstić information content (AvgIpc) is 3.41. The lowest BCUT2D eigenvalue weighted by molar-refractivity contribution is -0.119. The maximum Gasteiger partial charge on any atom is 0.254 e. The first-order valence-electron chi connectivity index (χ1n) is 9.09. The van der Waals surface area contributed by atoms with E-state index in [1.807, 2.05) is 30.3 Å². The van der Waals surface area contributed by atoms with Gasteiger partial charge in [-0.1, -0.05) is 24.3 Å². The summed E-state index contributed by atoms with van der Waals surface area (Å²) in [5, 5.41) is 5.22. The molecule has 0 unspecified atom stereocenters. The van der Waals surface area contributed by atoms with Crippen LogP contribution < -0.4 is 14.8 Å². The SMILES string of the molecule is CN1C(=O)c2ccccc2[C@H](C(=O)Nc2nccs2)[C@@H]1c1ccc2c(c1)OCO2. The minimum atomic E-state index is -0.599. The number of ether oxygens (including phenoxy) is 2. The zero-order valence-electron chi connectivity index (χ0n) is 15.5. The van der Waals surface area contributed by atoms with E-state index in [9.17, 15) is 9.59 Å². The van der Waals surface area contributed by atoms with Crippen molar-refractivity contribution in [2.24, 2.45) is 0 Å². The number of amides is 2. The van der Waals surface area contributed by atoms with Crippen LogP contribution in [0.15, 0.2) is 54.0 Å². The second-order valence-electron chi connectivity index (χ2n) is 6.87. The van der Waals surface area contributed by atoms with E-state index >= 15 is 0 Å². The van der Waals surface area contributed by atoms with E-state index in [1.165, 1.54) is 11.3 Å². The summed E-state index contributed by atoms with van der Waals surface area (Å²) < 4.78 is 10.9. The van der Waals surface area contributed by atoms with Gasteiger partial charge in [-0.25, -0.2) is 4.98 Å². The number of fused-ring (bicyclic) bond motifs is 2. The number of nitrogens with one attached hydrogen (secondary N) is 1. The van der Waals surface area contributed by atoms with Gasteiger partial charge in [-0.3, -0.25) is 9.59 Å². The van der Waals surface area contributed by atoms with Gasteiger partial charge in [0.2, 0.25) is 12.7 Å². The van der Waals surface area contributed by atoms with Gasteiger partial charge in [0.1, 0.15) is 0 Å². The Bertz CT molecular complexity index is 1100. The van der Waals surface area contributed by atoms with Crippen LogP contribution in [0.3, 0.4) is 0 Å². The molecule has 0 aliphatic carbocycles. The number of carbonyl (C=O) groups excluding carboxylic acids is 2. The lowest BCUT2D eigenvalue weighted by atomic mass is 9.79. The Balaban J connectivity index is 1.62. The highest BCUT2D eigenvalue weighted by Gasteiger charge is 2.43. The molecule has 8 heteroatoms. The number of aromatic nitrogens is 1. The maximum absolute atomic E-state index is 13.4. The number of hydrogen-bond donors (Lipinski definition) is 1. The van der Waals surface area contributed by atoms with E-state index in [0.29, 0.717) is 27.8 Å². The molecule has 0 spiro atoms. The van der Waals surface area contributed by atoms with Gasteiger partial charge < -0.3 is 19.7 Å². The molecule has 1 N–H and O–H groups in total. The third kappa shape index (κ3) is 2.92. The molecule has 3 aromatic rings. The van der Waals surface area contributed by atoms with E-state index in [4.69, 9.17) is 9.47 Å². The lowest BCUT2D eigenvalue weighted by Crippen LogP contribution is -2.44. The fourth-order valence-corrected chi connectivity index (χ4v) is 4.47. The quantitative estimate of drug-likeness (QED) is 0.720. The van der Waals surface area contributed by atoms with Crippen molar-refractivity contribution < 1.29 is 19.1 Å². The van der Waals surface area contributed by atoms with Crippen LogP contribution >= 0.6 is 11.3 Å². The standard InChI is InChI=1S/C21H17N3O4S/c1-24-18(12-6-7-15-16(10-12)28-11-27-15)17(19(25)23-21-22-8-9-29-21)13-4-2-3-5-14(13)20(24)26/h2-10,17-18H,11H2,1H3,(H,22,23,25)/t17-,18-/m0/s1. The molecule has 3 heterocycles. The largest absolute Gasteiger partial charge is 0.454 e. The van der Waals surface area contributed by atoms with Crippen LogP contribution in [0.2, 0.25) is 0 Å². The molecule has 2 amide bonds. The summed E-state index contributed by atoms with van der Waals surface area (Å²) in [5.41, 5.74) is 2.04. The molecule has 2 aliphatic heterocycles. The van der Waals surface area contributed by atoms with E-state index in [1.54, 1.807) is 35.7 Å². The van der Waals surface area contributed by atoms with Gasteiger partial charge in [0, 0.05) is 24.2 Å². The Morgan fingerprint density at radius 3 is 2.86 bits per heavy atom. The molecular weight excluding hydrogens is 390 g/mol. The van der Waals surface area contributed by atoms with Crippen LogP contribution in [0.5, 0.6) is 11.5 Å². The summed E-state index contributed by atoms with van der Waals surface area (Å²) in [7, 11) is 1.72. The van der Waals surface area contributed by atoms with Crippen LogP contribution in [0.25, 0.3) is 0 Å². The molecular formula is C21H17N3O4S. The summed E-state index contributed by atoms with van der Waals surface area (Å²) in [6.45, 7) is 0.162. The molecule has 2 atom stereocenters. The summed E-state index contributed by atoms with van der Waals surface area (Å²) in [5.74, 6) is 0.332. The monoisotopic (exact) mass is 407 g/mol. The Labute approximate surface area is 170 Å². The van der Waals surface area contributed by atoms with E-state index in [0.717, 1.165) is 5.56 Å². The first kappa shape index (κ1) is 17.7. The molecule has 7 nitrogen and oxygen atoms in total. The molecule has 29 heavy (non-hydrogen) atoms. The highest BCUT2D eigenvalue weighted by atomic mass is 32.1. The molecule has 5 rings (SSSR count). The fraction of sp³-hybridized carbons (Fsp3) is 0.190. The Kier molecular flexibility index (Phi) is 4.21. The third-order valence-corrected chi connectivity index (χ3v) is 5.95. The smallest absolute Gasteiger partial charge is 0.254 e. The van der Waals surface area contributed by atoms with Crippen LogP contribution in [0.1, 0.15) is 33.4 Å². The van der Waals surface area contributed by atoms with Crippen LogP contribution in [-0.4, -0.2) is 35.5 Å². The number of nitrogens with zero attached hydrogens (tertiary/aromatic N) is 2. The number of anilines is 1. The zero-order chi connectivity index (χ0) is 20.0. The van der Waals surface area contributed by atoms with Crippen molar-refractivity contribution in [3.63, 3.8) is 0 Å². The normalized spacial score (nSPS) is 19.8. The Morgan fingerprint density at radius 1 is 1.21 bits per heavy atom. The molecule has 0 saturated carbocycles. The second-order valence-corrected chi connectivity index (χ2v) is 7.76. The lowest BCUT2D eigenvalue weighted by Gasteiger charge is -2.39. The van der Waals surface area contributed by atoms with E-state index < -0.39 is 12.0 Å². The topological polar surface area (TPSA) is 80.8 Å². The summed E-state index contributed by atoms with van der Waals surface area (Å²) in [4.78, 5) is 32.2. The number of likely N-dealkylation sites (N-methyl/N-ethyl adjacent to an activating group) is 1. The van der Waals surface area contributed by atoms with Crippen molar-refractivity contribution in [1.29, 1.82) is 0 Å². The minimum absolute atomic E-state index is 0.124. The van der Waals surface area contributed by atoms with Gasteiger partial charge >= 0.3 is 0 Å². The van der Waals surface area contributed by atoms with Crippen molar-refractivity contribution in [2.75, 3.05) is 19.2 Å². The Morgan fingerprint density at radius 2 is 2.03 bits per heavy atom. The maximum atomic E-state index is 13.4. The van der Waals surface area contributed by atoms with E-state index in [2.05, 4.69) is 10.3 Å². The van der Waals surface area contributed by atoms with Crippen molar-refractivity contribution in [1.82, 2.24) is 9.88 Å². The van der Waals surface area contributed by atoms with Crippen molar-refractivity contribution in [2.45, 2.75) is 12.0 Å². The predicted molar refractivity (Wildman–Crippen MR) is 107 cm³/mol. The second kappa shape index (κ2) is 6.89. The van der Waals surface area contributed by atoms with Gasteiger partial charge in [0.05, 0.1) is 12.0 Å². The number of thiazole rings is 1. The van der Waals surface area contributed by atoms with Crippen LogP contribution in [0, 0.1) is 0 Å². The highest BCUT2D eigenvalue weighted by molar-refractivity contribution is 7.13. The molecule has 1 aromatic heterocycles. The van der Waals surface area contributed by atoms with Gasteiger partial charge in [-0.2, -0.15) is 0 Å². The van der Waals surface area contributed by atoms with Crippen molar-refractivity contribution >= 4 is 28.3 Å². The van der Waals surface area contributed by atoms with Gasteiger partial charge in [0.25, 0.3) is 5.91 Å². The summed E-state index contributed by atoms with van der Waals surface area (Å²) >= 11 is 1.35. The summed E-state index contributed by atoms with van der Waals surface area (Å²) in [6.07, 6.45) is 1.64. The third-order valence-electron chi connectivity index (χ3n) is 5.26. The van der Waals surface area contributed by atoms with Gasteiger partial charge in [-0.05, 0) is 29.3 Å². The number of hydrogen-bond acceptors (Lipinski definition) is 6. The van der Waals surface area contributed by atoms with E-state index in [-0.39, 0.29) is 18.6 Å². The fourth-order valence-electron chi connectivity index (χ4n) is 3.94. The molecule has 0 bridgehead atoms. The molecule has 0 saturated heterocycles. The molecule has 146 valence electrons. The molecule has 2 aliphatic rings.